The van der Waals surface area contributed by atoms with Gasteiger partial charge in [-0.2, -0.15) is 4.99 Å². The number of benzene rings is 2. The number of aromatic nitrogens is 1. The van der Waals surface area contributed by atoms with Gasteiger partial charge in [0.1, 0.15) is 6.54 Å². The first kappa shape index (κ1) is 23.6. The van der Waals surface area contributed by atoms with Gasteiger partial charge in [0, 0.05) is 10.5 Å². The van der Waals surface area contributed by atoms with E-state index in [1.807, 2.05) is 18.2 Å². The molecule has 0 saturated carbocycles. The Balaban J connectivity index is 1.99. The van der Waals surface area contributed by atoms with E-state index >= 15 is 0 Å². The van der Waals surface area contributed by atoms with Crippen molar-refractivity contribution in [1.82, 2.24) is 4.57 Å². The molecule has 10 heteroatoms. The molecule has 3 rings (SSSR count). The summed E-state index contributed by atoms with van der Waals surface area (Å²) in [5.74, 6) is 0.490. The second-order valence-electron chi connectivity index (χ2n) is 6.40. The van der Waals surface area contributed by atoms with Gasteiger partial charge in [0.15, 0.2) is 16.3 Å². The number of amides is 1. The smallest absolute Gasteiger partial charge is 0.325 e. The van der Waals surface area contributed by atoms with Gasteiger partial charge in [-0.25, -0.2) is 0 Å². The highest BCUT2D eigenvalue weighted by atomic mass is 79.9. The molecule has 8 nitrogen and oxygen atoms in total. The van der Waals surface area contributed by atoms with Crippen molar-refractivity contribution in [3.63, 3.8) is 0 Å². The molecule has 168 valence electrons. The van der Waals surface area contributed by atoms with Crippen molar-refractivity contribution >= 4 is 55.4 Å². The maximum atomic E-state index is 12.6. The van der Waals surface area contributed by atoms with Crippen LogP contribution in [0.2, 0.25) is 0 Å². The van der Waals surface area contributed by atoms with E-state index in [1.165, 1.54) is 45.9 Å². The Morgan fingerprint density at radius 1 is 1.06 bits per heavy atom. The monoisotopic (exact) mass is 520 g/mol. The van der Waals surface area contributed by atoms with Gasteiger partial charge in [-0.1, -0.05) is 27.3 Å². The number of fused-ring (bicyclic) bond motifs is 1. The summed E-state index contributed by atoms with van der Waals surface area (Å²) in [5, 5.41) is 0. The fourth-order valence-electron chi connectivity index (χ4n) is 2.98. The van der Waals surface area contributed by atoms with Gasteiger partial charge in [0.05, 0.1) is 38.7 Å². The van der Waals surface area contributed by atoms with Crippen LogP contribution in [0.25, 0.3) is 16.3 Å². The Morgan fingerprint density at radius 2 is 1.75 bits per heavy atom. The van der Waals surface area contributed by atoms with Gasteiger partial charge in [-0.15, -0.1) is 0 Å². The minimum Gasteiger partial charge on any atom is -0.493 e. The van der Waals surface area contributed by atoms with Crippen molar-refractivity contribution in [3.05, 3.63) is 51.2 Å². The lowest BCUT2D eigenvalue weighted by Gasteiger charge is -2.12. The first-order valence-electron chi connectivity index (χ1n) is 9.32. The molecule has 1 aromatic heterocycles. The molecule has 3 aromatic rings. The standard InChI is InChI=1S/C22H21BrN2O6S/c1-28-16-9-13(10-17(29-2)21(16)31-4)5-8-19(26)24-22-25(12-20(27)30-3)15-7-6-14(23)11-18(15)32-22/h5-11H,12H2,1-4H3/b8-5-,24-22?. The van der Waals surface area contributed by atoms with Crippen LogP contribution in [0.5, 0.6) is 17.2 Å². The third-order valence-corrected chi connectivity index (χ3v) is 6.01. The number of nitrogens with zero attached hydrogens (tertiary/aromatic N) is 2. The molecule has 0 spiro atoms. The molecule has 0 saturated heterocycles. The fraction of sp³-hybridized carbons (Fsp3) is 0.227. The Kier molecular flexibility index (Phi) is 7.70. The first-order chi connectivity index (χ1) is 15.4. The lowest BCUT2D eigenvalue weighted by atomic mass is 10.1. The summed E-state index contributed by atoms with van der Waals surface area (Å²) in [6.07, 6.45) is 2.94. The topological polar surface area (TPSA) is 88.4 Å². The average Bonchev–Trinajstić information content (AvgIpc) is 3.12. The number of carbonyl (C=O) groups excluding carboxylic acids is 2. The number of esters is 1. The molecule has 0 radical (unpaired) electrons. The Morgan fingerprint density at radius 3 is 2.34 bits per heavy atom. The number of rotatable bonds is 7. The number of hydrogen-bond acceptors (Lipinski definition) is 7. The van der Waals surface area contributed by atoms with Crippen molar-refractivity contribution in [2.45, 2.75) is 6.54 Å². The maximum Gasteiger partial charge on any atom is 0.325 e. The number of methoxy groups -OCH3 is 4. The minimum atomic E-state index is -0.483. The van der Waals surface area contributed by atoms with E-state index in [2.05, 4.69) is 20.9 Å². The van der Waals surface area contributed by atoms with Gasteiger partial charge in [0.2, 0.25) is 5.75 Å². The zero-order valence-corrected chi connectivity index (χ0v) is 20.3. The minimum absolute atomic E-state index is 0.0547. The van der Waals surface area contributed by atoms with Crippen LogP contribution in [0.4, 0.5) is 0 Å². The van der Waals surface area contributed by atoms with E-state index in [1.54, 1.807) is 22.8 Å². The third-order valence-electron chi connectivity index (χ3n) is 4.47. The third kappa shape index (κ3) is 5.20. The van der Waals surface area contributed by atoms with Crippen molar-refractivity contribution in [2.75, 3.05) is 28.4 Å². The second kappa shape index (κ2) is 10.5. The molecule has 0 N–H and O–H groups in total. The number of halogens is 1. The van der Waals surface area contributed by atoms with Crippen molar-refractivity contribution in [1.29, 1.82) is 0 Å². The predicted octanol–water partition coefficient (Wildman–Crippen LogP) is 3.80. The summed E-state index contributed by atoms with van der Waals surface area (Å²) in [7, 11) is 5.87. The van der Waals surface area contributed by atoms with E-state index in [-0.39, 0.29) is 6.54 Å². The molecule has 0 bridgehead atoms. The zero-order chi connectivity index (χ0) is 23.3. The van der Waals surface area contributed by atoms with E-state index in [4.69, 9.17) is 18.9 Å². The zero-order valence-electron chi connectivity index (χ0n) is 17.9. The van der Waals surface area contributed by atoms with E-state index in [0.717, 1.165) is 14.7 Å². The summed E-state index contributed by atoms with van der Waals surface area (Å²) in [5.41, 5.74) is 1.45. The van der Waals surface area contributed by atoms with Crippen LogP contribution in [0.3, 0.4) is 0 Å². The van der Waals surface area contributed by atoms with Crippen molar-refractivity contribution < 1.29 is 28.5 Å². The molecule has 1 heterocycles. The average molecular weight is 521 g/mol. The largest absolute Gasteiger partial charge is 0.493 e. The van der Waals surface area contributed by atoms with E-state index in [9.17, 15) is 9.59 Å². The van der Waals surface area contributed by atoms with Crippen LogP contribution in [0.1, 0.15) is 5.56 Å². The molecule has 0 aliphatic heterocycles. The number of ether oxygens (including phenoxy) is 4. The molecule has 0 aliphatic rings. The summed E-state index contributed by atoms with van der Waals surface area (Å²) < 4.78 is 24.2. The SMILES string of the molecule is COC(=O)Cn1c(=NC(=O)/C=C\c2cc(OC)c(OC)c(OC)c2)sc2cc(Br)ccc21. The Labute approximate surface area is 196 Å². The lowest BCUT2D eigenvalue weighted by Crippen LogP contribution is -2.22. The highest BCUT2D eigenvalue weighted by Crippen LogP contribution is 2.38. The van der Waals surface area contributed by atoms with Crippen LogP contribution in [-0.4, -0.2) is 44.9 Å². The maximum absolute atomic E-state index is 12.6. The van der Waals surface area contributed by atoms with Gasteiger partial charge in [-0.05, 0) is 42.0 Å². The molecule has 1 amide bonds. The fourth-order valence-corrected chi connectivity index (χ4v) is 4.56. The van der Waals surface area contributed by atoms with Crippen LogP contribution < -0.4 is 19.0 Å². The molecule has 2 aromatic carbocycles. The first-order valence-corrected chi connectivity index (χ1v) is 10.9. The number of carbonyl (C=O) groups is 2. The van der Waals surface area contributed by atoms with Crippen LogP contribution in [0.15, 0.2) is 45.9 Å². The van der Waals surface area contributed by atoms with Gasteiger partial charge < -0.3 is 23.5 Å². The number of thiazole rings is 1. The molecular formula is C22H21BrN2O6S. The van der Waals surface area contributed by atoms with Gasteiger partial charge in [0.25, 0.3) is 5.91 Å². The summed E-state index contributed by atoms with van der Waals surface area (Å²) in [4.78, 5) is 29.1. The second-order valence-corrected chi connectivity index (χ2v) is 8.33. The van der Waals surface area contributed by atoms with E-state index < -0.39 is 11.9 Å². The molecular weight excluding hydrogens is 500 g/mol. The molecule has 0 unspecified atom stereocenters. The molecule has 0 aliphatic carbocycles. The highest BCUT2D eigenvalue weighted by Gasteiger charge is 2.13. The van der Waals surface area contributed by atoms with Crippen LogP contribution in [0, 0.1) is 0 Å². The van der Waals surface area contributed by atoms with E-state index in [0.29, 0.717) is 27.6 Å². The molecule has 0 atom stereocenters. The van der Waals surface area contributed by atoms with Gasteiger partial charge in [-0.3, -0.25) is 9.59 Å². The van der Waals surface area contributed by atoms with Crippen molar-refractivity contribution in [3.8, 4) is 17.2 Å². The quantitative estimate of drug-likeness (QED) is 0.347. The Bertz CT molecular complexity index is 1240. The Hall–Kier alpha value is -3.11. The van der Waals surface area contributed by atoms with Crippen LogP contribution >= 0.6 is 27.3 Å². The molecule has 0 fully saturated rings. The summed E-state index contributed by atoms with van der Waals surface area (Å²) >= 11 is 4.74. The number of hydrogen-bond donors (Lipinski definition) is 0. The van der Waals surface area contributed by atoms with Crippen LogP contribution in [-0.2, 0) is 20.9 Å². The normalized spacial score (nSPS) is 11.7. The molecule has 32 heavy (non-hydrogen) atoms. The lowest BCUT2D eigenvalue weighted by molar-refractivity contribution is -0.141. The van der Waals surface area contributed by atoms with Crippen molar-refractivity contribution in [2.24, 2.45) is 4.99 Å². The highest BCUT2D eigenvalue weighted by molar-refractivity contribution is 9.10. The predicted molar refractivity (Wildman–Crippen MR) is 125 cm³/mol. The summed E-state index contributed by atoms with van der Waals surface area (Å²) in [6.45, 7) is -0.0547. The van der Waals surface area contributed by atoms with Gasteiger partial charge >= 0.3 is 5.97 Å². The summed E-state index contributed by atoms with van der Waals surface area (Å²) in [6, 6.07) is 9.06.